The molecule has 0 spiro atoms. The maximum absolute atomic E-state index is 13.7. The molecule has 3 nitrogen and oxygen atoms in total. The SMILES string of the molecule is O=C(CCc1ccccc1F)N(Cc1ccsc1)Cc1ccco1. The average molecular weight is 343 g/mol. The molecule has 5 heteroatoms. The van der Waals surface area contributed by atoms with Crippen LogP contribution in [0.5, 0.6) is 0 Å². The van der Waals surface area contributed by atoms with Crippen LogP contribution in [0, 0.1) is 5.82 Å². The normalized spacial score (nSPS) is 10.7. The number of aryl methyl sites for hydroxylation is 1. The number of hydrogen-bond donors (Lipinski definition) is 0. The fourth-order valence-electron chi connectivity index (χ4n) is 2.53. The van der Waals surface area contributed by atoms with Crippen molar-refractivity contribution in [2.75, 3.05) is 0 Å². The van der Waals surface area contributed by atoms with Crippen LogP contribution in [0.3, 0.4) is 0 Å². The summed E-state index contributed by atoms with van der Waals surface area (Å²) < 4.78 is 19.1. The highest BCUT2D eigenvalue weighted by molar-refractivity contribution is 7.07. The van der Waals surface area contributed by atoms with E-state index in [4.69, 9.17) is 4.42 Å². The summed E-state index contributed by atoms with van der Waals surface area (Å²) >= 11 is 1.60. The lowest BCUT2D eigenvalue weighted by Crippen LogP contribution is -2.30. The van der Waals surface area contributed by atoms with E-state index < -0.39 is 0 Å². The Kier molecular flexibility index (Phi) is 5.43. The third-order valence-electron chi connectivity index (χ3n) is 3.80. The van der Waals surface area contributed by atoms with Gasteiger partial charge in [0.15, 0.2) is 0 Å². The van der Waals surface area contributed by atoms with Gasteiger partial charge in [-0.25, -0.2) is 4.39 Å². The van der Waals surface area contributed by atoms with Gasteiger partial charge in [0.25, 0.3) is 0 Å². The number of halogens is 1. The molecule has 3 aromatic rings. The molecule has 124 valence electrons. The predicted molar refractivity (Wildman–Crippen MR) is 92.0 cm³/mol. The monoisotopic (exact) mass is 343 g/mol. The van der Waals surface area contributed by atoms with Gasteiger partial charge >= 0.3 is 0 Å². The second-order valence-electron chi connectivity index (χ2n) is 5.55. The third-order valence-corrected chi connectivity index (χ3v) is 4.53. The number of thiophene rings is 1. The van der Waals surface area contributed by atoms with Crippen molar-refractivity contribution < 1.29 is 13.6 Å². The summed E-state index contributed by atoms with van der Waals surface area (Å²) in [5.41, 5.74) is 1.66. The number of carbonyl (C=O) groups is 1. The molecule has 3 rings (SSSR count). The molecule has 0 aliphatic heterocycles. The Bertz CT molecular complexity index is 732. The van der Waals surface area contributed by atoms with E-state index in [1.165, 1.54) is 6.07 Å². The summed E-state index contributed by atoms with van der Waals surface area (Å²) in [6.07, 6.45) is 2.26. The first-order valence-electron chi connectivity index (χ1n) is 7.77. The first-order valence-corrected chi connectivity index (χ1v) is 8.71. The van der Waals surface area contributed by atoms with Crippen molar-refractivity contribution in [1.29, 1.82) is 0 Å². The smallest absolute Gasteiger partial charge is 0.223 e. The minimum Gasteiger partial charge on any atom is -0.467 e. The molecule has 0 saturated carbocycles. The van der Waals surface area contributed by atoms with Crippen LogP contribution in [0.1, 0.15) is 23.3 Å². The summed E-state index contributed by atoms with van der Waals surface area (Å²) in [5, 5.41) is 4.02. The molecule has 0 fully saturated rings. The average Bonchev–Trinajstić information content (AvgIpc) is 3.27. The number of furan rings is 1. The predicted octanol–water partition coefficient (Wildman–Crippen LogP) is 4.64. The molecule has 2 aromatic heterocycles. The first-order chi connectivity index (χ1) is 11.7. The molecule has 0 saturated heterocycles. The summed E-state index contributed by atoms with van der Waals surface area (Å²) in [6.45, 7) is 0.944. The van der Waals surface area contributed by atoms with Crippen LogP contribution in [0.15, 0.2) is 63.9 Å². The van der Waals surface area contributed by atoms with E-state index >= 15 is 0 Å². The van der Waals surface area contributed by atoms with Gasteiger partial charge in [0.05, 0.1) is 12.8 Å². The number of rotatable bonds is 7. The summed E-state index contributed by atoms with van der Waals surface area (Å²) in [5.74, 6) is 0.464. The van der Waals surface area contributed by atoms with Gasteiger partial charge in [-0.15, -0.1) is 0 Å². The zero-order valence-corrected chi connectivity index (χ0v) is 14.0. The Hall–Kier alpha value is -2.40. The van der Waals surface area contributed by atoms with Gasteiger partial charge in [0.2, 0.25) is 5.91 Å². The second-order valence-corrected chi connectivity index (χ2v) is 6.33. The van der Waals surface area contributed by atoms with E-state index in [0.717, 1.165) is 11.3 Å². The molecule has 0 bridgehead atoms. The first kappa shape index (κ1) is 16.5. The molecule has 24 heavy (non-hydrogen) atoms. The van der Waals surface area contributed by atoms with Crippen molar-refractivity contribution in [1.82, 2.24) is 4.90 Å². The van der Waals surface area contributed by atoms with E-state index in [-0.39, 0.29) is 18.1 Å². The standard InChI is InChI=1S/C19H18FNO2S/c20-18-6-2-1-4-16(18)7-8-19(22)21(12-15-9-11-24-14-15)13-17-5-3-10-23-17/h1-6,9-11,14H,7-8,12-13H2. The van der Waals surface area contributed by atoms with Gasteiger partial charge in [-0.2, -0.15) is 11.3 Å². The van der Waals surface area contributed by atoms with E-state index in [0.29, 0.717) is 25.1 Å². The van der Waals surface area contributed by atoms with Crippen LogP contribution in [-0.2, 0) is 24.3 Å². The van der Waals surface area contributed by atoms with Crippen molar-refractivity contribution >= 4 is 17.2 Å². The summed E-state index contributed by atoms with van der Waals surface area (Å²) in [4.78, 5) is 14.4. The van der Waals surface area contributed by atoms with Crippen molar-refractivity contribution in [2.24, 2.45) is 0 Å². The largest absolute Gasteiger partial charge is 0.467 e. The van der Waals surface area contributed by atoms with E-state index in [9.17, 15) is 9.18 Å². The van der Waals surface area contributed by atoms with Crippen LogP contribution >= 0.6 is 11.3 Å². The van der Waals surface area contributed by atoms with Gasteiger partial charge in [0.1, 0.15) is 11.6 Å². The summed E-state index contributed by atoms with van der Waals surface area (Å²) in [7, 11) is 0. The molecule has 1 aromatic carbocycles. The van der Waals surface area contributed by atoms with E-state index in [1.807, 2.05) is 29.0 Å². The van der Waals surface area contributed by atoms with Gasteiger partial charge in [-0.05, 0) is 52.6 Å². The number of benzene rings is 1. The van der Waals surface area contributed by atoms with Gasteiger partial charge in [0, 0.05) is 13.0 Å². The molecule has 2 heterocycles. The fraction of sp³-hybridized carbons (Fsp3) is 0.211. The van der Waals surface area contributed by atoms with Crippen molar-refractivity contribution in [3.05, 3.63) is 82.2 Å². The molecule has 0 aliphatic carbocycles. The minimum atomic E-state index is -0.263. The highest BCUT2D eigenvalue weighted by atomic mass is 32.1. The quantitative estimate of drug-likeness (QED) is 0.626. The Morgan fingerprint density at radius 3 is 2.71 bits per heavy atom. The zero-order chi connectivity index (χ0) is 16.8. The van der Waals surface area contributed by atoms with Crippen molar-refractivity contribution in [2.45, 2.75) is 25.9 Å². The van der Waals surface area contributed by atoms with Gasteiger partial charge < -0.3 is 9.32 Å². The number of hydrogen-bond acceptors (Lipinski definition) is 3. The maximum Gasteiger partial charge on any atom is 0.223 e. The highest BCUT2D eigenvalue weighted by Gasteiger charge is 2.17. The van der Waals surface area contributed by atoms with Gasteiger partial charge in [-0.3, -0.25) is 4.79 Å². The molecule has 0 aliphatic rings. The second kappa shape index (κ2) is 7.93. The number of nitrogens with zero attached hydrogens (tertiary/aromatic N) is 1. The summed E-state index contributed by atoms with van der Waals surface area (Å²) in [6, 6.07) is 12.2. The Labute approximate surface area is 144 Å². The minimum absolute atomic E-state index is 0.0131. The molecule has 1 amide bonds. The zero-order valence-electron chi connectivity index (χ0n) is 13.2. The molecule has 0 atom stereocenters. The third kappa shape index (κ3) is 4.32. The van der Waals surface area contributed by atoms with Crippen LogP contribution in [0.4, 0.5) is 4.39 Å². The molecule has 0 radical (unpaired) electrons. The van der Waals surface area contributed by atoms with Crippen molar-refractivity contribution in [3.8, 4) is 0 Å². The van der Waals surface area contributed by atoms with E-state index in [1.54, 1.807) is 40.7 Å². The lowest BCUT2D eigenvalue weighted by atomic mass is 10.1. The van der Waals surface area contributed by atoms with E-state index in [2.05, 4.69) is 0 Å². The molecular weight excluding hydrogens is 325 g/mol. The molecular formula is C19H18FNO2S. The van der Waals surface area contributed by atoms with Crippen LogP contribution in [0.25, 0.3) is 0 Å². The maximum atomic E-state index is 13.7. The van der Waals surface area contributed by atoms with Crippen LogP contribution in [0.2, 0.25) is 0 Å². The Morgan fingerprint density at radius 2 is 2.00 bits per heavy atom. The lowest BCUT2D eigenvalue weighted by Gasteiger charge is -2.21. The Morgan fingerprint density at radius 1 is 1.12 bits per heavy atom. The number of amides is 1. The van der Waals surface area contributed by atoms with Crippen LogP contribution in [-0.4, -0.2) is 10.8 Å². The lowest BCUT2D eigenvalue weighted by molar-refractivity contribution is -0.132. The Balaban J connectivity index is 1.67. The molecule has 0 N–H and O–H groups in total. The fourth-order valence-corrected chi connectivity index (χ4v) is 3.19. The topological polar surface area (TPSA) is 33.5 Å². The number of carbonyl (C=O) groups excluding carboxylic acids is 1. The molecule has 0 unspecified atom stereocenters. The highest BCUT2D eigenvalue weighted by Crippen LogP contribution is 2.16. The van der Waals surface area contributed by atoms with Gasteiger partial charge in [-0.1, -0.05) is 18.2 Å². The van der Waals surface area contributed by atoms with Crippen molar-refractivity contribution in [3.63, 3.8) is 0 Å². The van der Waals surface area contributed by atoms with Crippen LogP contribution < -0.4 is 0 Å².